The van der Waals surface area contributed by atoms with Gasteiger partial charge in [-0.05, 0) is 44.2 Å². The van der Waals surface area contributed by atoms with Crippen LogP contribution < -0.4 is 10.1 Å². The van der Waals surface area contributed by atoms with Crippen molar-refractivity contribution in [2.24, 2.45) is 16.8 Å². The molecule has 4 rings (SSSR count). The summed E-state index contributed by atoms with van der Waals surface area (Å²) in [5.74, 6) is 1.37. The molecule has 0 spiro atoms. The van der Waals surface area contributed by atoms with Crippen LogP contribution >= 0.6 is 0 Å². The van der Waals surface area contributed by atoms with Crippen molar-refractivity contribution in [3.8, 4) is 11.8 Å². The largest absolute Gasteiger partial charge is 0.493 e. The lowest BCUT2D eigenvalue weighted by molar-refractivity contribution is -0.134. The van der Waals surface area contributed by atoms with Crippen LogP contribution in [-0.4, -0.2) is 52.7 Å². The number of likely N-dealkylation sites (tertiary alicyclic amines) is 1. The lowest BCUT2D eigenvalue weighted by Crippen LogP contribution is -2.51. The lowest BCUT2D eigenvalue weighted by Gasteiger charge is -2.35. The van der Waals surface area contributed by atoms with Crippen LogP contribution in [0, 0.1) is 30.1 Å². The highest BCUT2D eigenvalue weighted by molar-refractivity contribution is 6.09. The first-order valence-corrected chi connectivity index (χ1v) is 12.1. The molecule has 8 nitrogen and oxygen atoms in total. The molecule has 2 fully saturated rings. The normalized spacial score (nSPS) is 16.4. The molecule has 1 saturated carbocycles. The zero-order valence-electron chi connectivity index (χ0n) is 20.4. The predicted molar refractivity (Wildman–Crippen MR) is 136 cm³/mol. The van der Waals surface area contributed by atoms with Gasteiger partial charge in [-0.25, -0.2) is 4.99 Å². The van der Waals surface area contributed by atoms with Crippen LogP contribution in [0.15, 0.2) is 48.2 Å². The van der Waals surface area contributed by atoms with Gasteiger partial charge < -0.3 is 19.9 Å². The Morgan fingerprint density at radius 2 is 2.26 bits per heavy atom. The fraction of sp³-hybridized carbons (Fsp3) is 0.407. The van der Waals surface area contributed by atoms with Gasteiger partial charge in [0, 0.05) is 48.5 Å². The molecule has 0 unspecified atom stereocenters. The summed E-state index contributed by atoms with van der Waals surface area (Å²) in [5.41, 5.74) is 4.69. The highest BCUT2D eigenvalue weighted by Gasteiger charge is 2.30. The second-order valence-corrected chi connectivity index (χ2v) is 9.01. The first kappa shape index (κ1) is 24.3. The number of H-pyrrole nitrogens is 1. The predicted octanol–water partition coefficient (Wildman–Crippen LogP) is 4.14. The molecule has 8 heteroatoms. The van der Waals surface area contributed by atoms with Crippen molar-refractivity contribution in [2.75, 3.05) is 26.2 Å². The van der Waals surface area contributed by atoms with E-state index in [1.807, 2.05) is 38.3 Å². The third-order valence-electron chi connectivity index (χ3n) is 6.19. The first-order valence-electron chi connectivity index (χ1n) is 12.1. The zero-order valence-corrected chi connectivity index (χ0v) is 20.4. The van der Waals surface area contributed by atoms with Crippen LogP contribution in [0.5, 0.6) is 5.75 Å². The molecule has 2 aliphatic rings. The van der Waals surface area contributed by atoms with E-state index < -0.39 is 0 Å². The monoisotopic (exact) mass is 472 g/mol. The second-order valence-electron chi connectivity index (χ2n) is 9.01. The number of pyridine rings is 1. The summed E-state index contributed by atoms with van der Waals surface area (Å²) < 4.78 is 5.91. The molecule has 182 valence electrons. The number of amides is 1. The molecule has 0 atom stereocenters. The number of aromatic nitrogens is 2. The Balaban J connectivity index is 1.53. The maximum absolute atomic E-state index is 12.5. The van der Waals surface area contributed by atoms with E-state index in [0.29, 0.717) is 30.4 Å². The van der Waals surface area contributed by atoms with Gasteiger partial charge in [-0.15, -0.1) is 0 Å². The van der Waals surface area contributed by atoms with E-state index in [9.17, 15) is 4.79 Å². The fourth-order valence-corrected chi connectivity index (χ4v) is 3.86. The lowest BCUT2D eigenvalue weighted by atomic mass is 10.0. The molecule has 0 radical (unpaired) electrons. The molecule has 2 N–H and O–H groups in total. The third kappa shape index (κ3) is 5.99. The molecule has 1 saturated heterocycles. The first-order chi connectivity index (χ1) is 17.0. The molecule has 0 aromatic carbocycles. The molecular formula is C27H32N6O2. The van der Waals surface area contributed by atoms with Crippen LogP contribution in [0.4, 0.5) is 5.69 Å². The Labute approximate surface area is 206 Å². The smallest absolute Gasteiger partial charge is 0.241 e. The van der Waals surface area contributed by atoms with Gasteiger partial charge in [0.1, 0.15) is 5.75 Å². The van der Waals surface area contributed by atoms with Gasteiger partial charge >= 0.3 is 0 Å². The molecule has 2 aromatic heterocycles. The highest BCUT2D eigenvalue weighted by atomic mass is 16.5. The van der Waals surface area contributed by atoms with Crippen molar-refractivity contribution in [1.82, 2.24) is 20.2 Å². The van der Waals surface area contributed by atoms with Crippen LogP contribution in [0.2, 0.25) is 0 Å². The standard InChI is InChI=1S/C27H32N6O2/c1-4-6-24(31-14-26(34)33-15-20(12-28)16-33)22-13-30-18(3)27(22)32-23(5-2)25-11-21(9-10-29-25)35-17-19-7-8-19/h5-6,9-11,13,19-20,30-31H,2,4,7-8,14-17H2,1,3H3. The number of nitriles is 1. The van der Waals surface area contributed by atoms with Crippen LogP contribution in [0.1, 0.15) is 43.1 Å². The van der Waals surface area contributed by atoms with E-state index in [0.717, 1.165) is 41.4 Å². The molecule has 35 heavy (non-hydrogen) atoms. The average Bonchev–Trinajstić information content (AvgIpc) is 3.60. The maximum Gasteiger partial charge on any atom is 0.241 e. The number of nitrogens with one attached hydrogen (secondary N) is 2. The van der Waals surface area contributed by atoms with Crippen molar-refractivity contribution >= 4 is 23.0 Å². The Kier molecular flexibility index (Phi) is 7.66. The number of rotatable bonds is 11. The van der Waals surface area contributed by atoms with Crippen molar-refractivity contribution in [1.29, 1.82) is 5.26 Å². The summed E-state index contributed by atoms with van der Waals surface area (Å²) in [6.45, 7) is 9.86. The number of carbonyl (C=O) groups excluding carboxylic acids is 1. The number of ether oxygens (including phenoxy) is 1. The highest BCUT2D eigenvalue weighted by Crippen LogP contribution is 2.31. The summed E-state index contributed by atoms with van der Waals surface area (Å²) in [5, 5.41) is 12.2. The quantitative estimate of drug-likeness (QED) is 0.478. The number of hydrogen-bond acceptors (Lipinski definition) is 6. The molecular weight excluding hydrogens is 440 g/mol. The summed E-state index contributed by atoms with van der Waals surface area (Å²) in [7, 11) is 0. The van der Waals surface area contributed by atoms with E-state index in [2.05, 4.69) is 27.9 Å². The molecule has 0 bridgehead atoms. The fourth-order valence-electron chi connectivity index (χ4n) is 3.86. The number of carbonyl (C=O) groups is 1. The van der Waals surface area contributed by atoms with Gasteiger partial charge in [0.2, 0.25) is 5.91 Å². The number of allylic oxidation sites excluding steroid dienone is 2. The van der Waals surface area contributed by atoms with E-state index in [1.165, 1.54) is 12.8 Å². The molecule has 1 aliphatic carbocycles. The van der Waals surface area contributed by atoms with Crippen molar-refractivity contribution in [2.45, 2.75) is 33.1 Å². The molecule has 1 amide bonds. The summed E-state index contributed by atoms with van der Waals surface area (Å²) in [4.78, 5) is 26.9. The van der Waals surface area contributed by atoms with E-state index >= 15 is 0 Å². The third-order valence-corrected chi connectivity index (χ3v) is 6.19. The van der Waals surface area contributed by atoms with E-state index in [-0.39, 0.29) is 18.4 Å². The molecule has 3 heterocycles. The van der Waals surface area contributed by atoms with Crippen LogP contribution in [0.25, 0.3) is 5.70 Å². The topological polar surface area (TPSA) is 106 Å². The summed E-state index contributed by atoms with van der Waals surface area (Å²) in [6, 6.07) is 5.95. The average molecular weight is 473 g/mol. The zero-order chi connectivity index (χ0) is 24.8. The maximum atomic E-state index is 12.5. The van der Waals surface area contributed by atoms with Gasteiger partial charge in [-0.2, -0.15) is 5.26 Å². The number of aromatic amines is 1. The van der Waals surface area contributed by atoms with Crippen LogP contribution in [-0.2, 0) is 4.79 Å². The number of hydrogen-bond donors (Lipinski definition) is 2. The Morgan fingerprint density at radius 1 is 1.46 bits per heavy atom. The van der Waals surface area contributed by atoms with Crippen LogP contribution in [0.3, 0.4) is 0 Å². The summed E-state index contributed by atoms with van der Waals surface area (Å²) >= 11 is 0. The molecule has 2 aromatic rings. The number of aliphatic imine (C=N–C) groups is 1. The summed E-state index contributed by atoms with van der Waals surface area (Å²) in [6.07, 6.45) is 10.6. The minimum absolute atomic E-state index is 0.0187. The Hall–Kier alpha value is -3.86. The second kappa shape index (κ2) is 11.0. The van der Waals surface area contributed by atoms with Crippen molar-refractivity contribution in [3.05, 3.63) is 60.2 Å². The van der Waals surface area contributed by atoms with E-state index in [1.54, 1.807) is 17.2 Å². The van der Waals surface area contributed by atoms with Gasteiger partial charge in [0.15, 0.2) is 0 Å². The molecule has 1 aliphatic heterocycles. The van der Waals surface area contributed by atoms with Gasteiger partial charge in [0.05, 0.1) is 42.2 Å². The van der Waals surface area contributed by atoms with Crippen molar-refractivity contribution in [3.63, 3.8) is 0 Å². The minimum Gasteiger partial charge on any atom is -0.493 e. The number of aryl methyl sites for hydroxylation is 1. The SMILES string of the molecule is C=CC(=Nc1c(C(=CCC)NCC(=O)N2CC(C#N)C2)c[nH]c1C)c1cc(OCC2CC2)ccn1. The Bertz CT molecular complexity index is 1180. The number of nitrogens with zero attached hydrogens (tertiary/aromatic N) is 4. The van der Waals surface area contributed by atoms with Crippen molar-refractivity contribution < 1.29 is 9.53 Å². The van der Waals surface area contributed by atoms with Gasteiger partial charge in [0.25, 0.3) is 0 Å². The van der Waals surface area contributed by atoms with Gasteiger partial charge in [-0.1, -0.05) is 19.6 Å². The van der Waals surface area contributed by atoms with E-state index in [4.69, 9.17) is 15.0 Å². The Morgan fingerprint density at radius 3 is 2.94 bits per heavy atom. The minimum atomic E-state index is -0.0542. The van der Waals surface area contributed by atoms with Gasteiger partial charge in [-0.3, -0.25) is 9.78 Å².